The first-order chi connectivity index (χ1) is 11.5. The number of aryl methyl sites for hydroxylation is 1. The fourth-order valence-electron chi connectivity index (χ4n) is 2.80. The van der Waals surface area contributed by atoms with Crippen molar-refractivity contribution >= 4 is 22.9 Å². The molecule has 128 valence electrons. The van der Waals surface area contributed by atoms with Crippen LogP contribution in [0.3, 0.4) is 0 Å². The Bertz CT molecular complexity index is 729. The summed E-state index contributed by atoms with van der Waals surface area (Å²) in [5, 5.41) is 12.7. The summed E-state index contributed by atoms with van der Waals surface area (Å²) in [7, 11) is 0. The molecule has 0 bridgehead atoms. The zero-order valence-electron chi connectivity index (χ0n) is 13.3. The second-order valence-corrected chi connectivity index (χ2v) is 7.10. The van der Waals surface area contributed by atoms with E-state index < -0.39 is 11.6 Å². The van der Waals surface area contributed by atoms with E-state index in [1.807, 2.05) is 11.8 Å². The molecule has 0 radical (unpaired) electrons. The van der Waals surface area contributed by atoms with Crippen LogP contribution in [0.5, 0.6) is 0 Å². The van der Waals surface area contributed by atoms with Crippen molar-refractivity contribution in [2.75, 3.05) is 25.0 Å². The Kier molecular flexibility index (Phi) is 5.15. The maximum absolute atomic E-state index is 13.5. The van der Waals surface area contributed by atoms with Crippen molar-refractivity contribution in [2.45, 2.75) is 25.7 Å². The molecule has 0 saturated carbocycles. The molecule has 1 fully saturated rings. The normalized spacial score (nSPS) is 16.3. The molecule has 8 heteroatoms. The molecule has 1 aromatic carbocycles. The molecule has 24 heavy (non-hydrogen) atoms. The van der Waals surface area contributed by atoms with Crippen molar-refractivity contribution in [3.63, 3.8) is 0 Å². The average molecular weight is 352 g/mol. The number of likely N-dealkylation sites (tertiary alicyclic amines) is 1. The molecule has 0 unspecified atom stereocenters. The van der Waals surface area contributed by atoms with Crippen molar-refractivity contribution in [3.8, 4) is 0 Å². The van der Waals surface area contributed by atoms with E-state index in [0.717, 1.165) is 54.1 Å². The van der Waals surface area contributed by atoms with Crippen LogP contribution in [-0.2, 0) is 4.79 Å². The molecule has 5 nitrogen and oxygen atoms in total. The minimum Gasteiger partial charge on any atom is -0.322 e. The number of nitrogens with one attached hydrogen (secondary N) is 1. The lowest BCUT2D eigenvalue weighted by Crippen LogP contribution is -2.38. The van der Waals surface area contributed by atoms with E-state index in [1.165, 1.54) is 0 Å². The smallest absolute Gasteiger partial charge is 0.238 e. The van der Waals surface area contributed by atoms with Crippen LogP contribution in [0.25, 0.3) is 0 Å². The zero-order valence-corrected chi connectivity index (χ0v) is 14.1. The molecular formula is C16H18F2N4OS. The van der Waals surface area contributed by atoms with Crippen LogP contribution >= 0.6 is 11.3 Å². The molecule has 0 atom stereocenters. The zero-order chi connectivity index (χ0) is 17.1. The van der Waals surface area contributed by atoms with Crippen LogP contribution < -0.4 is 5.32 Å². The van der Waals surface area contributed by atoms with Gasteiger partial charge in [-0.3, -0.25) is 9.69 Å². The van der Waals surface area contributed by atoms with E-state index in [4.69, 9.17) is 0 Å². The van der Waals surface area contributed by atoms with Crippen LogP contribution in [-0.4, -0.2) is 40.6 Å². The maximum atomic E-state index is 13.5. The van der Waals surface area contributed by atoms with Gasteiger partial charge in [0.05, 0.1) is 12.2 Å². The van der Waals surface area contributed by atoms with Gasteiger partial charge >= 0.3 is 0 Å². The minimum atomic E-state index is -0.643. The number of rotatable bonds is 4. The van der Waals surface area contributed by atoms with E-state index >= 15 is 0 Å². The predicted octanol–water partition coefficient (Wildman–Crippen LogP) is 2.94. The Morgan fingerprint density at radius 2 is 2.08 bits per heavy atom. The summed E-state index contributed by atoms with van der Waals surface area (Å²) in [6.45, 7) is 3.63. The summed E-state index contributed by atoms with van der Waals surface area (Å²) in [5.41, 5.74) is -0.126. The van der Waals surface area contributed by atoms with Crippen molar-refractivity contribution < 1.29 is 13.6 Å². The van der Waals surface area contributed by atoms with Gasteiger partial charge in [0.1, 0.15) is 21.6 Å². The van der Waals surface area contributed by atoms with Gasteiger partial charge in [0.2, 0.25) is 5.91 Å². The SMILES string of the molecule is Cc1nnc(C2CCN(CC(=O)Nc3cc(F)ccc3F)CC2)s1. The van der Waals surface area contributed by atoms with Gasteiger partial charge in [-0.15, -0.1) is 21.5 Å². The van der Waals surface area contributed by atoms with Crippen molar-refractivity contribution in [1.29, 1.82) is 0 Å². The molecule has 3 rings (SSSR count). The number of carbonyl (C=O) groups excluding carboxylic acids is 1. The Morgan fingerprint density at radius 1 is 1.33 bits per heavy atom. The highest BCUT2D eigenvalue weighted by molar-refractivity contribution is 7.11. The molecule has 2 aromatic rings. The second-order valence-electron chi connectivity index (χ2n) is 5.88. The van der Waals surface area contributed by atoms with Gasteiger partial charge in [-0.1, -0.05) is 0 Å². The first kappa shape index (κ1) is 16.9. The second kappa shape index (κ2) is 7.31. The molecule has 1 aliphatic rings. The largest absolute Gasteiger partial charge is 0.322 e. The molecular weight excluding hydrogens is 334 g/mol. The monoisotopic (exact) mass is 352 g/mol. The third-order valence-corrected chi connectivity index (χ3v) is 5.05. The third-order valence-electron chi connectivity index (χ3n) is 4.05. The molecule has 2 heterocycles. The number of benzene rings is 1. The topological polar surface area (TPSA) is 58.1 Å². The van der Waals surface area contributed by atoms with Crippen LogP contribution in [0, 0.1) is 18.6 Å². The van der Waals surface area contributed by atoms with Crippen LogP contribution in [0.2, 0.25) is 0 Å². The Balaban J connectivity index is 1.50. The van der Waals surface area contributed by atoms with E-state index in [1.54, 1.807) is 11.3 Å². The molecule has 1 amide bonds. The number of amides is 1. The molecule has 0 aliphatic carbocycles. The van der Waals surface area contributed by atoms with Gasteiger partial charge in [0.25, 0.3) is 0 Å². The van der Waals surface area contributed by atoms with Crippen LogP contribution in [0.1, 0.15) is 28.8 Å². The van der Waals surface area contributed by atoms with Gasteiger partial charge in [0, 0.05) is 12.0 Å². The molecule has 0 spiro atoms. The number of halogens is 2. The van der Waals surface area contributed by atoms with Crippen LogP contribution in [0.4, 0.5) is 14.5 Å². The summed E-state index contributed by atoms with van der Waals surface area (Å²) in [4.78, 5) is 14.0. The van der Waals surface area contributed by atoms with Crippen molar-refractivity contribution in [1.82, 2.24) is 15.1 Å². The Morgan fingerprint density at radius 3 is 2.75 bits per heavy atom. The Labute approximate surface area is 142 Å². The Hall–Kier alpha value is -1.93. The van der Waals surface area contributed by atoms with E-state index in [9.17, 15) is 13.6 Å². The summed E-state index contributed by atoms with van der Waals surface area (Å²) >= 11 is 1.62. The van der Waals surface area contributed by atoms with E-state index in [0.29, 0.717) is 5.92 Å². The summed E-state index contributed by atoms with van der Waals surface area (Å²) in [5.74, 6) is -1.18. The van der Waals surface area contributed by atoms with E-state index in [2.05, 4.69) is 15.5 Å². The van der Waals surface area contributed by atoms with Gasteiger partial charge in [-0.25, -0.2) is 8.78 Å². The fourth-order valence-corrected chi connectivity index (χ4v) is 3.67. The summed E-state index contributed by atoms with van der Waals surface area (Å²) < 4.78 is 26.7. The van der Waals surface area contributed by atoms with Gasteiger partial charge in [-0.05, 0) is 45.0 Å². The number of hydrogen-bond donors (Lipinski definition) is 1. The molecule has 1 saturated heterocycles. The lowest BCUT2D eigenvalue weighted by Gasteiger charge is -2.30. The highest BCUT2D eigenvalue weighted by Crippen LogP contribution is 2.29. The average Bonchev–Trinajstić information content (AvgIpc) is 2.98. The quantitative estimate of drug-likeness (QED) is 0.919. The summed E-state index contributed by atoms with van der Waals surface area (Å²) in [6, 6.07) is 3.00. The van der Waals surface area contributed by atoms with E-state index in [-0.39, 0.29) is 18.1 Å². The number of carbonyl (C=O) groups is 1. The standard InChI is InChI=1S/C16H18F2N4OS/c1-10-20-21-16(24-10)11-4-6-22(7-5-11)9-15(23)19-14-8-12(17)2-3-13(14)18/h2-3,8,11H,4-7,9H2,1H3,(H,19,23). The van der Waals surface area contributed by atoms with Crippen molar-refractivity contribution in [3.05, 3.63) is 39.8 Å². The number of aromatic nitrogens is 2. The molecule has 1 aromatic heterocycles. The van der Waals surface area contributed by atoms with Gasteiger partial charge in [0.15, 0.2) is 0 Å². The highest BCUT2D eigenvalue weighted by atomic mass is 32.1. The summed E-state index contributed by atoms with van der Waals surface area (Å²) in [6.07, 6.45) is 1.83. The first-order valence-electron chi connectivity index (χ1n) is 7.78. The van der Waals surface area contributed by atoms with Gasteiger partial charge < -0.3 is 5.32 Å². The lowest BCUT2D eigenvalue weighted by molar-refractivity contribution is -0.117. The van der Waals surface area contributed by atoms with Crippen molar-refractivity contribution in [2.24, 2.45) is 0 Å². The first-order valence-corrected chi connectivity index (χ1v) is 8.60. The number of anilines is 1. The van der Waals surface area contributed by atoms with Crippen LogP contribution in [0.15, 0.2) is 18.2 Å². The molecule has 1 N–H and O–H groups in total. The third kappa shape index (κ3) is 4.12. The number of nitrogens with zero attached hydrogens (tertiary/aromatic N) is 3. The number of piperidine rings is 1. The minimum absolute atomic E-state index is 0.126. The predicted molar refractivity (Wildman–Crippen MR) is 88.0 cm³/mol. The molecule has 1 aliphatic heterocycles. The maximum Gasteiger partial charge on any atom is 0.238 e. The van der Waals surface area contributed by atoms with Gasteiger partial charge in [-0.2, -0.15) is 0 Å². The fraction of sp³-hybridized carbons (Fsp3) is 0.438. The number of hydrogen-bond acceptors (Lipinski definition) is 5. The highest BCUT2D eigenvalue weighted by Gasteiger charge is 2.24. The lowest BCUT2D eigenvalue weighted by atomic mass is 9.98.